The van der Waals surface area contributed by atoms with Crippen LogP contribution in [0.4, 0.5) is 10.5 Å². The fourth-order valence-corrected chi connectivity index (χ4v) is 4.81. The smallest absolute Gasteiger partial charge is 0.319 e. The largest absolute Gasteiger partial charge is 0.495 e. The summed E-state index contributed by atoms with van der Waals surface area (Å²) in [7, 11) is -2.13. The van der Waals surface area contributed by atoms with Crippen LogP contribution in [0.3, 0.4) is 0 Å². The van der Waals surface area contributed by atoms with Crippen LogP contribution in [-0.4, -0.2) is 58.1 Å². The summed E-state index contributed by atoms with van der Waals surface area (Å²) in [6.07, 6.45) is 0.784. The SMILES string of the molecule is COc1ccccc1NC(=O)N[C@@H]1CC[C@H](CCNS(=O)(=O)c2ccc(Cl)cc2)O[C@H]1CO. The van der Waals surface area contributed by atoms with E-state index in [4.69, 9.17) is 21.1 Å². The van der Waals surface area contributed by atoms with Gasteiger partial charge in [-0.3, -0.25) is 0 Å². The summed E-state index contributed by atoms with van der Waals surface area (Å²) in [4.78, 5) is 12.6. The highest BCUT2D eigenvalue weighted by Crippen LogP contribution is 2.24. The lowest BCUT2D eigenvalue weighted by Gasteiger charge is -2.36. The van der Waals surface area contributed by atoms with Gasteiger partial charge in [-0.1, -0.05) is 23.7 Å². The molecule has 3 atom stereocenters. The summed E-state index contributed by atoms with van der Waals surface area (Å²) < 4.78 is 38.4. The Morgan fingerprint density at radius 1 is 1.18 bits per heavy atom. The van der Waals surface area contributed by atoms with Gasteiger partial charge in [0.15, 0.2) is 0 Å². The van der Waals surface area contributed by atoms with Crippen LogP contribution in [0.5, 0.6) is 5.75 Å². The molecule has 0 radical (unpaired) electrons. The molecule has 180 valence electrons. The molecular formula is C22H28ClN3O6S. The number of halogens is 1. The first-order chi connectivity index (χ1) is 15.8. The lowest BCUT2D eigenvalue weighted by atomic mass is 9.97. The lowest BCUT2D eigenvalue weighted by Crippen LogP contribution is -2.52. The van der Waals surface area contributed by atoms with Crippen LogP contribution in [-0.2, 0) is 14.8 Å². The third-order valence-corrected chi connectivity index (χ3v) is 7.08. The molecule has 1 fully saturated rings. The van der Waals surface area contributed by atoms with Gasteiger partial charge in [0.2, 0.25) is 10.0 Å². The van der Waals surface area contributed by atoms with Crippen molar-refractivity contribution in [2.24, 2.45) is 0 Å². The molecule has 1 aliphatic rings. The van der Waals surface area contributed by atoms with Gasteiger partial charge in [-0.2, -0.15) is 0 Å². The van der Waals surface area contributed by atoms with Gasteiger partial charge >= 0.3 is 6.03 Å². The number of amides is 2. The number of anilines is 1. The van der Waals surface area contributed by atoms with Gasteiger partial charge in [0.05, 0.1) is 36.4 Å². The second-order valence-electron chi connectivity index (χ2n) is 7.60. The second-order valence-corrected chi connectivity index (χ2v) is 9.81. The van der Waals surface area contributed by atoms with E-state index in [9.17, 15) is 18.3 Å². The Kier molecular flexibility index (Phi) is 8.93. The standard InChI is InChI=1S/C22H28ClN3O6S/c1-31-20-5-3-2-4-18(20)25-22(28)26-19-11-8-16(32-21(19)14-27)12-13-24-33(29,30)17-9-6-15(23)7-10-17/h2-7,9-10,16,19,21,24,27H,8,11-14H2,1H3,(H2,25,26,28)/t16-,19-,21+/m1/s1. The van der Waals surface area contributed by atoms with Crippen LogP contribution in [0, 0.1) is 0 Å². The van der Waals surface area contributed by atoms with Gasteiger partial charge in [0, 0.05) is 11.6 Å². The Morgan fingerprint density at radius 3 is 2.61 bits per heavy atom. The number of urea groups is 1. The topological polar surface area (TPSA) is 126 Å². The minimum absolute atomic E-state index is 0.134. The number of aliphatic hydroxyl groups is 1. The van der Waals surface area contributed by atoms with Crippen LogP contribution in [0.1, 0.15) is 19.3 Å². The summed E-state index contributed by atoms with van der Waals surface area (Å²) in [5.74, 6) is 0.535. The highest BCUT2D eigenvalue weighted by atomic mass is 35.5. The Morgan fingerprint density at radius 2 is 1.91 bits per heavy atom. The van der Waals surface area contributed by atoms with E-state index in [1.165, 1.54) is 31.4 Å². The first kappa shape index (κ1) is 25.3. The van der Waals surface area contributed by atoms with E-state index in [1.54, 1.807) is 24.3 Å². The fraction of sp³-hybridized carbons (Fsp3) is 0.409. The van der Waals surface area contributed by atoms with Gasteiger partial charge in [-0.15, -0.1) is 0 Å². The minimum Gasteiger partial charge on any atom is -0.495 e. The normalized spacial score (nSPS) is 20.8. The summed E-state index contributed by atoms with van der Waals surface area (Å²) in [6.45, 7) is -0.0905. The van der Waals surface area contributed by atoms with Crippen LogP contribution in [0.15, 0.2) is 53.4 Å². The molecule has 0 unspecified atom stereocenters. The van der Waals surface area contributed by atoms with Crippen molar-refractivity contribution < 1.29 is 27.8 Å². The highest BCUT2D eigenvalue weighted by Gasteiger charge is 2.32. The van der Waals surface area contributed by atoms with Crippen molar-refractivity contribution in [3.63, 3.8) is 0 Å². The predicted molar refractivity (Wildman–Crippen MR) is 125 cm³/mol. The number of rotatable bonds is 9. The number of hydrogen-bond donors (Lipinski definition) is 4. The number of carbonyl (C=O) groups excluding carboxylic acids is 1. The Hall–Kier alpha value is -2.37. The maximum Gasteiger partial charge on any atom is 0.319 e. The van der Waals surface area contributed by atoms with Crippen LogP contribution in [0.25, 0.3) is 0 Å². The molecule has 4 N–H and O–H groups in total. The average Bonchev–Trinajstić information content (AvgIpc) is 2.80. The molecular weight excluding hydrogens is 470 g/mol. The molecule has 2 aromatic carbocycles. The minimum atomic E-state index is -3.65. The molecule has 2 aromatic rings. The first-order valence-electron chi connectivity index (χ1n) is 10.5. The molecule has 1 heterocycles. The maximum atomic E-state index is 12.4. The van der Waals surface area contributed by atoms with Crippen LogP contribution in [0.2, 0.25) is 5.02 Å². The Balaban J connectivity index is 1.48. The molecule has 0 aromatic heterocycles. The summed E-state index contributed by atoms with van der Waals surface area (Å²) in [5, 5.41) is 15.8. The van der Waals surface area contributed by atoms with Crippen molar-refractivity contribution in [3.05, 3.63) is 53.6 Å². The lowest BCUT2D eigenvalue weighted by molar-refractivity contribution is -0.0884. The van der Waals surface area contributed by atoms with E-state index < -0.39 is 22.2 Å². The van der Waals surface area contributed by atoms with Crippen molar-refractivity contribution >= 4 is 33.3 Å². The van der Waals surface area contributed by atoms with E-state index in [1.807, 2.05) is 0 Å². The summed E-state index contributed by atoms with van der Waals surface area (Å²) in [5.41, 5.74) is 0.528. The van der Waals surface area contributed by atoms with Crippen LogP contribution >= 0.6 is 11.6 Å². The van der Waals surface area contributed by atoms with Gasteiger partial charge in [-0.25, -0.2) is 17.9 Å². The van der Waals surface area contributed by atoms with Crippen molar-refractivity contribution in [2.75, 3.05) is 25.6 Å². The molecule has 0 saturated carbocycles. The number of carbonyl (C=O) groups is 1. The second kappa shape index (κ2) is 11.7. The van der Waals surface area contributed by atoms with Crippen molar-refractivity contribution in [1.29, 1.82) is 0 Å². The van der Waals surface area contributed by atoms with Crippen LogP contribution < -0.4 is 20.1 Å². The number of para-hydroxylation sites is 2. The average molecular weight is 498 g/mol. The van der Waals surface area contributed by atoms with Gasteiger partial charge in [0.1, 0.15) is 11.9 Å². The number of aliphatic hydroxyl groups excluding tert-OH is 1. The Bertz CT molecular complexity index is 1030. The maximum absolute atomic E-state index is 12.4. The van der Waals surface area contributed by atoms with E-state index in [0.29, 0.717) is 35.7 Å². The van der Waals surface area contributed by atoms with Gasteiger partial charge in [-0.05, 0) is 55.7 Å². The number of benzene rings is 2. The predicted octanol–water partition coefficient (Wildman–Crippen LogP) is 2.75. The van der Waals surface area contributed by atoms with E-state index in [2.05, 4.69) is 15.4 Å². The van der Waals surface area contributed by atoms with Crippen molar-refractivity contribution in [3.8, 4) is 5.75 Å². The quantitative estimate of drug-likeness (QED) is 0.422. The molecule has 11 heteroatoms. The molecule has 0 bridgehead atoms. The number of sulfonamides is 1. The third kappa shape index (κ3) is 7.05. The van der Waals surface area contributed by atoms with Gasteiger partial charge in [0.25, 0.3) is 0 Å². The summed E-state index contributed by atoms with van der Waals surface area (Å²) >= 11 is 5.80. The zero-order valence-electron chi connectivity index (χ0n) is 18.2. The zero-order chi connectivity index (χ0) is 23.8. The first-order valence-corrected chi connectivity index (χ1v) is 12.4. The molecule has 1 aliphatic heterocycles. The number of nitrogens with one attached hydrogen (secondary N) is 3. The highest BCUT2D eigenvalue weighted by molar-refractivity contribution is 7.89. The van der Waals surface area contributed by atoms with E-state index >= 15 is 0 Å². The zero-order valence-corrected chi connectivity index (χ0v) is 19.7. The number of ether oxygens (including phenoxy) is 2. The van der Waals surface area contributed by atoms with Crippen molar-refractivity contribution in [1.82, 2.24) is 10.0 Å². The number of methoxy groups -OCH3 is 1. The molecule has 9 nitrogen and oxygen atoms in total. The van der Waals surface area contributed by atoms with Crippen molar-refractivity contribution in [2.45, 2.75) is 42.4 Å². The van der Waals surface area contributed by atoms with Gasteiger partial charge < -0.3 is 25.2 Å². The van der Waals surface area contributed by atoms with E-state index in [-0.39, 0.29) is 30.2 Å². The molecule has 2 amide bonds. The third-order valence-electron chi connectivity index (χ3n) is 5.35. The fourth-order valence-electron chi connectivity index (χ4n) is 3.64. The monoisotopic (exact) mass is 497 g/mol. The molecule has 1 saturated heterocycles. The molecule has 0 aliphatic carbocycles. The summed E-state index contributed by atoms with van der Waals surface area (Å²) in [6, 6.07) is 12.1. The Labute approximate surface area is 198 Å². The number of hydrogen-bond acceptors (Lipinski definition) is 6. The molecule has 3 rings (SSSR count). The molecule has 0 spiro atoms. The molecule has 33 heavy (non-hydrogen) atoms. The van der Waals surface area contributed by atoms with E-state index in [0.717, 1.165) is 0 Å².